The van der Waals surface area contributed by atoms with E-state index in [4.69, 9.17) is 35.7 Å². The molecule has 1 aromatic carbocycles. The van der Waals surface area contributed by atoms with Gasteiger partial charge in [0.25, 0.3) is 5.56 Å². The van der Waals surface area contributed by atoms with Gasteiger partial charge in [-0.1, -0.05) is 17.7 Å². The molecule has 1 amide bonds. The lowest BCUT2D eigenvalue weighted by atomic mass is 10.2. The molecule has 0 fully saturated rings. The summed E-state index contributed by atoms with van der Waals surface area (Å²) in [6.45, 7) is 2.44. The number of carbonyl (C=O) groups is 2. The number of ether oxygens (including phenoxy) is 4. The Morgan fingerprint density at radius 2 is 1.71 bits per heavy atom. The van der Waals surface area contributed by atoms with Gasteiger partial charge in [0, 0.05) is 29.9 Å². The van der Waals surface area contributed by atoms with Crippen LogP contribution >= 0.6 is 11.6 Å². The minimum Gasteiger partial charge on any atom is -0.480 e. The lowest BCUT2D eigenvalue weighted by molar-refractivity contribution is -0.142. The number of benzene rings is 1. The molecule has 42 heavy (non-hydrogen) atoms. The maximum absolute atomic E-state index is 12.5. The van der Waals surface area contributed by atoms with Crippen molar-refractivity contribution in [3.8, 4) is 0 Å². The highest BCUT2D eigenvalue weighted by Gasteiger charge is 2.13. The number of rotatable bonds is 18. The van der Waals surface area contributed by atoms with Crippen LogP contribution in [-0.2, 0) is 35.1 Å². The number of carboxylic acids is 1. The summed E-state index contributed by atoms with van der Waals surface area (Å²) < 4.78 is 22.8. The molecule has 224 valence electrons. The SMILES string of the molecule is O=C(O)COCCOCCOCCOCCNC(=O)Cn1ccc2c(Nc3nc(Cl)cc4nc[nH]c(=O)c34)cccc21. The Balaban J connectivity index is 1.17. The summed E-state index contributed by atoms with van der Waals surface area (Å²) in [5.74, 6) is -0.907. The Morgan fingerprint density at radius 1 is 1.00 bits per heavy atom. The Morgan fingerprint density at radius 3 is 2.45 bits per heavy atom. The van der Waals surface area contributed by atoms with Gasteiger partial charge in [0.1, 0.15) is 29.5 Å². The van der Waals surface area contributed by atoms with Gasteiger partial charge in [-0.15, -0.1) is 0 Å². The largest absolute Gasteiger partial charge is 0.480 e. The van der Waals surface area contributed by atoms with Crippen molar-refractivity contribution in [1.29, 1.82) is 0 Å². The van der Waals surface area contributed by atoms with Gasteiger partial charge in [-0.2, -0.15) is 0 Å². The highest BCUT2D eigenvalue weighted by atomic mass is 35.5. The second kappa shape index (κ2) is 15.8. The first-order valence-corrected chi connectivity index (χ1v) is 13.5. The number of H-pyrrole nitrogens is 1. The van der Waals surface area contributed by atoms with Crippen LogP contribution in [0.3, 0.4) is 0 Å². The molecule has 0 atom stereocenters. The summed E-state index contributed by atoms with van der Waals surface area (Å²) in [6.07, 6.45) is 3.12. The number of aromatic nitrogens is 4. The van der Waals surface area contributed by atoms with Crippen LogP contribution in [0, 0.1) is 0 Å². The van der Waals surface area contributed by atoms with E-state index in [1.165, 1.54) is 12.4 Å². The van der Waals surface area contributed by atoms with E-state index in [1.807, 2.05) is 35.0 Å². The van der Waals surface area contributed by atoms with Crippen LogP contribution in [0.1, 0.15) is 0 Å². The fourth-order valence-electron chi connectivity index (χ4n) is 4.04. The summed E-state index contributed by atoms with van der Waals surface area (Å²) in [5, 5.41) is 15.8. The Kier molecular flexibility index (Phi) is 11.6. The number of aromatic amines is 1. The predicted molar refractivity (Wildman–Crippen MR) is 154 cm³/mol. The third kappa shape index (κ3) is 8.96. The van der Waals surface area contributed by atoms with Crippen LogP contribution in [0.5, 0.6) is 0 Å². The molecule has 14 nitrogen and oxygen atoms in total. The van der Waals surface area contributed by atoms with E-state index in [2.05, 4.69) is 25.6 Å². The zero-order chi connectivity index (χ0) is 29.7. The van der Waals surface area contributed by atoms with E-state index in [0.717, 1.165) is 10.9 Å². The van der Waals surface area contributed by atoms with Crippen LogP contribution in [0.4, 0.5) is 11.5 Å². The quantitative estimate of drug-likeness (QED) is 0.0965. The van der Waals surface area contributed by atoms with Gasteiger partial charge < -0.3 is 44.2 Å². The lowest BCUT2D eigenvalue weighted by Crippen LogP contribution is -2.30. The number of hydrogen-bond donors (Lipinski definition) is 4. The van der Waals surface area contributed by atoms with E-state index in [9.17, 15) is 14.4 Å². The van der Waals surface area contributed by atoms with E-state index < -0.39 is 5.97 Å². The molecule has 3 heterocycles. The molecule has 4 N–H and O–H groups in total. The van der Waals surface area contributed by atoms with Gasteiger partial charge in [0.15, 0.2) is 0 Å². The Bertz CT molecular complexity index is 1560. The average molecular weight is 603 g/mol. The summed E-state index contributed by atoms with van der Waals surface area (Å²) in [7, 11) is 0. The molecule has 0 saturated heterocycles. The molecule has 15 heteroatoms. The van der Waals surface area contributed by atoms with Gasteiger partial charge in [-0.3, -0.25) is 9.59 Å². The van der Waals surface area contributed by atoms with Crippen LogP contribution in [0.15, 0.2) is 47.7 Å². The van der Waals surface area contributed by atoms with Gasteiger partial charge in [-0.05, 0) is 18.2 Å². The topological polar surface area (TPSA) is 179 Å². The third-order valence-corrected chi connectivity index (χ3v) is 6.08. The Hall–Kier alpha value is -4.08. The van der Waals surface area contributed by atoms with Crippen molar-refractivity contribution in [1.82, 2.24) is 24.8 Å². The molecule has 0 bridgehead atoms. The molecule has 0 saturated carbocycles. The van der Waals surface area contributed by atoms with Gasteiger partial charge in [0.2, 0.25) is 5.91 Å². The molecule has 3 aromatic heterocycles. The van der Waals surface area contributed by atoms with E-state index in [-0.39, 0.29) is 47.6 Å². The van der Waals surface area contributed by atoms with Gasteiger partial charge in [-0.25, -0.2) is 14.8 Å². The highest BCUT2D eigenvalue weighted by molar-refractivity contribution is 6.30. The fraction of sp³-hybridized carbons (Fsp3) is 0.370. The standard InChI is InChI=1S/C27H31ClN6O8/c28-22-14-20-25(27(38)31-17-30-20)26(33-22)32-19-2-1-3-21-18(19)4-6-34(21)15-23(35)29-5-7-39-8-9-40-10-11-41-12-13-42-16-24(36)37/h1-4,6,14,17H,5,7-13,15-16H2,(H,29,35)(H,32,33)(H,36,37)(H,30,31,38). The molecule has 4 aromatic rings. The smallest absolute Gasteiger partial charge is 0.329 e. The number of pyridine rings is 1. The van der Waals surface area contributed by atoms with Crippen molar-refractivity contribution in [2.75, 3.05) is 64.7 Å². The Labute approximate surface area is 244 Å². The first-order valence-electron chi connectivity index (χ1n) is 13.1. The number of halogens is 1. The molecular weight excluding hydrogens is 572 g/mol. The number of hydrogen-bond acceptors (Lipinski definition) is 10. The number of fused-ring (bicyclic) bond motifs is 2. The third-order valence-electron chi connectivity index (χ3n) is 5.88. The van der Waals surface area contributed by atoms with E-state index in [0.29, 0.717) is 57.4 Å². The van der Waals surface area contributed by atoms with Crippen LogP contribution in [0.2, 0.25) is 5.15 Å². The number of carboxylic acid groups (broad SMARTS) is 1. The summed E-state index contributed by atoms with van der Waals surface area (Å²) >= 11 is 6.15. The minimum atomic E-state index is -1.02. The normalized spacial score (nSPS) is 11.3. The summed E-state index contributed by atoms with van der Waals surface area (Å²) in [6, 6.07) is 8.98. The first-order chi connectivity index (χ1) is 20.4. The second-order valence-corrected chi connectivity index (χ2v) is 9.25. The summed E-state index contributed by atoms with van der Waals surface area (Å²) in [4.78, 5) is 46.3. The molecular formula is C27H31ClN6O8. The van der Waals surface area contributed by atoms with Crippen molar-refractivity contribution in [2.45, 2.75) is 6.54 Å². The number of amides is 1. The maximum atomic E-state index is 12.5. The van der Waals surface area contributed by atoms with E-state index >= 15 is 0 Å². The average Bonchev–Trinajstić information content (AvgIpc) is 3.36. The monoisotopic (exact) mass is 602 g/mol. The van der Waals surface area contributed by atoms with Crippen LogP contribution in [-0.4, -0.2) is 95.9 Å². The number of nitrogens with one attached hydrogen (secondary N) is 3. The van der Waals surface area contributed by atoms with Crippen molar-refractivity contribution >= 4 is 56.8 Å². The maximum Gasteiger partial charge on any atom is 0.329 e. The molecule has 0 aliphatic rings. The zero-order valence-electron chi connectivity index (χ0n) is 22.6. The van der Waals surface area contributed by atoms with Crippen molar-refractivity contribution < 1.29 is 33.6 Å². The molecule has 0 spiro atoms. The molecule has 0 aliphatic carbocycles. The van der Waals surface area contributed by atoms with Crippen molar-refractivity contribution in [2.24, 2.45) is 0 Å². The van der Waals surface area contributed by atoms with Gasteiger partial charge in [0.05, 0.1) is 63.6 Å². The van der Waals surface area contributed by atoms with Crippen molar-refractivity contribution in [3.63, 3.8) is 0 Å². The van der Waals surface area contributed by atoms with Crippen LogP contribution in [0.25, 0.3) is 21.8 Å². The molecule has 4 rings (SSSR count). The zero-order valence-corrected chi connectivity index (χ0v) is 23.4. The fourth-order valence-corrected chi connectivity index (χ4v) is 4.23. The molecule has 0 radical (unpaired) electrons. The highest BCUT2D eigenvalue weighted by Crippen LogP contribution is 2.29. The predicted octanol–water partition coefficient (Wildman–Crippen LogP) is 1.94. The van der Waals surface area contributed by atoms with Gasteiger partial charge >= 0.3 is 5.97 Å². The number of anilines is 2. The minimum absolute atomic E-state index is 0.110. The molecule has 0 aliphatic heterocycles. The summed E-state index contributed by atoms with van der Waals surface area (Å²) in [5.41, 5.74) is 1.59. The number of carbonyl (C=O) groups excluding carboxylic acids is 1. The number of aliphatic carboxylic acids is 1. The second-order valence-electron chi connectivity index (χ2n) is 8.86. The van der Waals surface area contributed by atoms with E-state index in [1.54, 1.807) is 0 Å². The number of nitrogens with zero attached hydrogens (tertiary/aromatic N) is 3. The van der Waals surface area contributed by atoms with Crippen LogP contribution < -0.4 is 16.2 Å². The first kappa shape index (κ1) is 30.9. The molecule has 0 unspecified atom stereocenters. The van der Waals surface area contributed by atoms with Crippen molar-refractivity contribution in [3.05, 3.63) is 58.4 Å². The lowest BCUT2D eigenvalue weighted by Gasteiger charge is -2.11.